The number of nitrogens with one attached hydrogen (secondary N) is 1. The summed E-state index contributed by atoms with van der Waals surface area (Å²) in [6.45, 7) is 4.08. The van der Waals surface area contributed by atoms with Crippen LogP contribution in [0, 0.1) is 6.92 Å². The van der Waals surface area contributed by atoms with Gasteiger partial charge in [-0.2, -0.15) is 0 Å². The number of carbonyl (C=O) groups is 1. The Bertz CT molecular complexity index is 1450. The highest BCUT2D eigenvalue weighted by atomic mass is 35.5. The minimum Gasteiger partial charge on any atom is -0.497 e. The largest absolute Gasteiger partial charge is 0.497 e. The number of nitrogens with zero attached hydrogens (tertiary/aromatic N) is 2. The predicted molar refractivity (Wildman–Crippen MR) is 146 cm³/mol. The van der Waals surface area contributed by atoms with Gasteiger partial charge in [0.25, 0.3) is 5.56 Å². The lowest BCUT2D eigenvalue weighted by molar-refractivity contribution is -0.113. The Morgan fingerprint density at radius 2 is 1.94 bits per heavy atom. The number of methoxy groups -OCH3 is 1. The van der Waals surface area contributed by atoms with Crippen molar-refractivity contribution >= 4 is 68.1 Å². The summed E-state index contributed by atoms with van der Waals surface area (Å²) in [4.78, 5) is 33.1. The molecule has 0 aliphatic heterocycles. The van der Waals surface area contributed by atoms with E-state index in [9.17, 15) is 9.59 Å². The highest BCUT2D eigenvalue weighted by molar-refractivity contribution is 7.99. The van der Waals surface area contributed by atoms with Gasteiger partial charge < -0.3 is 10.1 Å². The number of ether oxygens (including phenoxy) is 1. The number of rotatable bonds is 8. The summed E-state index contributed by atoms with van der Waals surface area (Å²) < 4.78 is 6.82. The van der Waals surface area contributed by atoms with E-state index in [2.05, 4.69) is 12.2 Å². The lowest BCUT2D eigenvalue weighted by Gasteiger charge is -2.13. The van der Waals surface area contributed by atoms with Crippen LogP contribution in [0.3, 0.4) is 0 Å². The topological polar surface area (TPSA) is 73.2 Å². The van der Waals surface area contributed by atoms with Crippen LogP contribution in [0.4, 0.5) is 5.69 Å². The van der Waals surface area contributed by atoms with Gasteiger partial charge >= 0.3 is 0 Å². The fraction of sp³-hybridized carbons (Fsp3) is 0.240. The van der Waals surface area contributed by atoms with E-state index in [1.807, 2.05) is 6.92 Å². The fourth-order valence-electron chi connectivity index (χ4n) is 3.64. The monoisotopic (exact) mass is 547 g/mol. The molecule has 0 aliphatic carbocycles. The predicted octanol–water partition coefficient (Wildman–Crippen LogP) is 6.75. The first-order valence-electron chi connectivity index (χ1n) is 10.9. The molecule has 0 spiro atoms. The smallest absolute Gasteiger partial charge is 0.267 e. The van der Waals surface area contributed by atoms with E-state index in [0.29, 0.717) is 42.5 Å². The zero-order valence-corrected chi connectivity index (χ0v) is 22.5. The molecule has 4 rings (SSSR count). The molecule has 1 N–H and O–H groups in total. The highest BCUT2D eigenvalue weighted by Gasteiger charge is 2.20. The van der Waals surface area contributed by atoms with Crippen LogP contribution in [0.2, 0.25) is 10.0 Å². The first-order chi connectivity index (χ1) is 16.8. The first kappa shape index (κ1) is 25.6. The standard InChI is InChI=1S/C25H23Cl2N3O3S2/c1-4-5-20-14(2)22-23(35-20)29-25(30(24(22)32)16-7-9-17(33-3)10-8-16)34-13-21(31)28-19-11-6-15(26)12-18(19)27/h6-12H,4-5,13H2,1-3H3,(H,28,31). The summed E-state index contributed by atoms with van der Waals surface area (Å²) in [5.74, 6) is 0.448. The molecule has 0 saturated carbocycles. The number of halogens is 2. The summed E-state index contributed by atoms with van der Waals surface area (Å²) in [5.41, 5.74) is 1.94. The van der Waals surface area contributed by atoms with Crippen LogP contribution in [-0.2, 0) is 11.2 Å². The van der Waals surface area contributed by atoms with Gasteiger partial charge in [-0.15, -0.1) is 11.3 Å². The molecule has 0 atom stereocenters. The van der Waals surface area contributed by atoms with Gasteiger partial charge in [-0.1, -0.05) is 48.3 Å². The number of thiophene rings is 1. The van der Waals surface area contributed by atoms with Gasteiger partial charge in [0, 0.05) is 9.90 Å². The van der Waals surface area contributed by atoms with Crippen molar-refractivity contribution in [1.82, 2.24) is 9.55 Å². The van der Waals surface area contributed by atoms with E-state index in [1.165, 1.54) is 23.1 Å². The maximum atomic E-state index is 13.7. The minimum absolute atomic E-state index is 0.0409. The van der Waals surface area contributed by atoms with Crippen molar-refractivity contribution in [1.29, 1.82) is 0 Å². The number of carbonyl (C=O) groups excluding carboxylic acids is 1. The second kappa shape index (κ2) is 11.0. The Balaban J connectivity index is 1.71. The Kier molecular flexibility index (Phi) is 8.06. The summed E-state index contributed by atoms with van der Waals surface area (Å²) in [6, 6.07) is 12.1. The van der Waals surface area contributed by atoms with Crippen LogP contribution < -0.4 is 15.6 Å². The van der Waals surface area contributed by atoms with E-state index in [0.717, 1.165) is 23.3 Å². The third-order valence-electron chi connectivity index (χ3n) is 5.38. The molecule has 0 fully saturated rings. The third-order valence-corrected chi connectivity index (χ3v) is 8.11. The van der Waals surface area contributed by atoms with Crippen molar-refractivity contribution in [2.75, 3.05) is 18.2 Å². The van der Waals surface area contributed by atoms with Crippen molar-refractivity contribution in [2.45, 2.75) is 31.8 Å². The molecule has 2 heterocycles. The number of fused-ring (bicyclic) bond motifs is 1. The number of thioether (sulfide) groups is 1. The third kappa shape index (κ3) is 5.51. The molecule has 1 amide bonds. The number of anilines is 1. The van der Waals surface area contributed by atoms with Crippen molar-refractivity contribution in [3.63, 3.8) is 0 Å². The number of aromatic nitrogens is 2. The second-order valence-corrected chi connectivity index (χ2v) is 10.6. The van der Waals surface area contributed by atoms with E-state index < -0.39 is 0 Å². The van der Waals surface area contributed by atoms with E-state index in [4.69, 9.17) is 32.9 Å². The highest BCUT2D eigenvalue weighted by Crippen LogP contribution is 2.32. The Labute approximate surface area is 221 Å². The summed E-state index contributed by atoms with van der Waals surface area (Å²) in [7, 11) is 1.59. The fourth-order valence-corrected chi connectivity index (χ4v) is 6.23. The Morgan fingerprint density at radius 1 is 1.20 bits per heavy atom. The van der Waals surface area contributed by atoms with Crippen molar-refractivity contribution in [2.24, 2.45) is 0 Å². The van der Waals surface area contributed by atoms with Gasteiger partial charge in [0.15, 0.2) is 5.16 Å². The number of hydrogen-bond acceptors (Lipinski definition) is 6. The number of benzene rings is 2. The zero-order valence-electron chi connectivity index (χ0n) is 19.4. The molecule has 0 aliphatic rings. The molecule has 2 aromatic heterocycles. The van der Waals surface area contributed by atoms with Gasteiger partial charge in [0.1, 0.15) is 10.6 Å². The lowest BCUT2D eigenvalue weighted by atomic mass is 10.1. The van der Waals surface area contributed by atoms with E-state index in [1.54, 1.807) is 54.1 Å². The molecule has 6 nitrogen and oxygen atoms in total. The lowest BCUT2D eigenvalue weighted by Crippen LogP contribution is -2.23. The van der Waals surface area contributed by atoms with Crippen LogP contribution in [-0.4, -0.2) is 28.3 Å². The van der Waals surface area contributed by atoms with Crippen LogP contribution in [0.5, 0.6) is 5.75 Å². The number of amides is 1. The summed E-state index contributed by atoms with van der Waals surface area (Å²) in [6.07, 6.45) is 1.87. The maximum absolute atomic E-state index is 13.7. The minimum atomic E-state index is -0.274. The molecule has 0 unspecified atom stereocenters. The maximum Gasteiger partial charge on any atom is 0.267 e. The van der Waals surface area contributed by atoms with Crippen molar-refractivity contribution < 1.29 is 9.53 Å². The average Bonchev–Trinajstić information content (AvgIpc) is 3.15. The zero-order chi connectivity index (χ0) is 25.1. The SMILES string of the molecule is CCCc1sc2nc(SCC(=O)Nc3ccc(Cl)cc3Cl)n(-c3ccc(OC)cc3)c(=O)c2c1C. The van der Waals surface area contributed by atoms with Crippen LogP contribution >= 0.6 is 46.3 Å². The molecule has 4 aromatic rings. The molecule has 2 aromatic carbocycles. The molecule has 0 saturated heterocycles. The van der Waals surface area contributed by atoms with E-state index >= 15 is 0 Å². The molecule has 0 bridgehead atoms. The molecular weight excluding hydrogens is 525 g/mol. The summed E-state index contributed by atoms with van der Waals surface area (Å²) >= 11 is 14.8. The number of aryl methyl sites for hydroxylation is 2. The Hall–Kier alpha value is -2.52. The molecular formula is C25H23Cl2N3O3S2. The molecule has 10 heteroatoms. The quantitative estimate of drug-likeness (QED) is 0.195. The molecule has 35 heavy (non-hydrogen) atoms. The molecule has 182 valence electrons. The summed E-state index contributed by atoms with van der Waals surface area (Å²) in [5, 5.41) is 4.68. The average molecular weight is 549 g/mol. The van der Waals surface area contributed by atoms with Crippen molar-refractivity contribution in [3.8, 4) is 11.4 Å². The van der Waals surface area contributed by atoms with E-state index in [-0.39, 0.29) is 17.2 Å². The molecule has 0 radical (unpaired) electrons. The van der Waals surface area contributed by atoms with Gasteiger partial charge in [-0.25, -0.2) is 4.98 Å². The normalized spacial score (nSPS) is 11.1. The second-order valence-electron chi connectivity index (χ2n) is 7.77. The van der Waals surface area contributed by atoms with Gasteiger partial charge in [0.05, 0.1) is 34.6 Å². The van der Waals surface area contributed by atoms with Crippen LogP contribution in [0.1, 0.15) is 23.8 Å². The van der Waals surface area contributed by atoms with Gasteiger partial charge in [-0.3, -0.25) is 14.2 Å². The van der Waals surface area contributed by atoms with Crippen LogP contribution in [0.25, 0.3) is 15.9 Å². The van der Waals surface area contributed by atoms with Gasteiger partial charge in [0.2, 0.25) is 5.91 Å². The van der Waals surface area contributed by atoms with Gasteiger partial charge in [-0.05, 0) is 61.4 Å². The number of hydrogen-bond donors (Lipinski definition) is 1. The Morgan fingerprint density at radius 3 is 2.60 bits per heavy atom. The van der Waals surface area contributed by atoms with Crippen LogP contribution in [0.15, 0.2) is 52.4 Å². The first-order valence-corrected chi connectivity index (χ1v) is 13.4. The van der Waals surface area contributed by atoms with Crippen molar-refractivity contribution in [3.05, 3.63) is 73.3 Å².